The molecule has 1 aromatic carbocycles. The molecule has 0 aliphatic carbocycles. The Bertz CT molecular complexity index is 391. The third-order valence-electron chi connectivity index (χ3n) is 2.63. The van der Waals surface area contributed by atoms with Crippen LogP contribution in [0.1, 0.15) is 12.5 Å². The molecular weight excluding hydrogens is 206 g/mol. The number of aliphatic imine (C=N–C) groups is 1. The third-order valence-corrected chi connectivity index (χ3v) is 2.63. The summed E-state index contributed by atoms with van der Waals surface area (Å²) in [5.41, 5.74) is 0.922. The SMILES string of the molecule is CO[C@@H]1N=C(c2ccccc2)O[C@]1(C)OC. The summed E-state index contributed by atoms with van der Waals surface area (Å²) in [7, 11) is 3.16. The average Bonchev–Trinajstić information content (AvgIpc) is 2.68. The molecule has 1 aliphatic heterocycles. The number of nitrogens with zero attached hydrogens (tertiary/aromatic N) is 1. The minimum absolute atomic E-state index is 0.437. The lowest BCUT2D eigenvalue weighted by atomic mass is 10.2. The fraction of sp³-hybridized carbons (Fsp3) is 0.417. The lowest BCUT2D eigenvalue weighted by Crippen LogP contribution is -2.40. The van der Waals surface area contributed by atoms with Crippen molar-refractivity contribution < 1.29 is 14.2 Å². The highest BCUT2D eigenvalue weighted by Gasteiger charge is 2.43. The van der Waals surface area contributed by atoms with Gasteiger partial charge in [0, 0.05) is 26.7 Å². The van der Waals surface area contributed by atoms with Crippen molar-refractivity contribution in [3.63, 3.8) is 0 Å². The second kappa shape index (κ2) is 4.23. The van der Waals surface area contributed by atoms with Crippen LogP contribution in [0.3, 0.4) is 0 Å². The van der Waals surface area contributed by atoms with Crippen molar-refractivity contribution in [1.29, 1.82) is 0 Å². The highest BCUT2D eigenvalue weighted by atomic mass is 16.7. The van der Waals surface area contributed by atoms with Gasteiger partial charge < -0.3 is 14.2 Å². The van der Waals surface area contributed by atoms with E-state index < -0.39 is 12.0 Å². The molecule has 0 spiro atoms. The maximum atomic E-state index is 5.69. The first kappa shape index (κ1) is 11.1. The molecule has 2 atom stereocenters. The highest BCUT2D eigenvalue weighted by molar-refractivity contribution is 5.95. The van der Waals surface area contributed by atoms with E-state index >= 15 is 0 Å². The molecule has 1 heterocycles. The van der Waals surface area contributed by atoms with Crippen molar-refractivity contribution in [3.8, 4) is 0 Å². The number of benzene rings is 1. The third kappa shape index (κ3) is 1.81. The molecule has 4 heteroatoms. The summed E-state index contributed by atoms with van der Waals surface area (Å²) in [5, 5.41) is 0. The summed E-state index contributed by atoms with van der Waals surface area (Å²) >= 11 is 0. The van der Waals surface area contributed by atoms with E-state index in [9.17, 15) is 0 Å². The van der Waals surface area contributed by atoms with E-state index in [1.807, 2.05) is 30.3 Å². The molecule has 86 valence electrons. The van der Waals surface area contributed by atoms with Crippen LogP contribution in [0.15, 0.2) is 35.3 Å². The first-order chi connectivity index (χ1) is 7.69. The summed E-state index contributed by atoms with van der Waals surface area (Å²) in [6, 6.07) is 9.69. The Labute approximate surface area is 94.9 Å². The van der Waals surface area contributed by atoms with E-state index in [0.717, 1.165) is 5.56 Å². The minimum atomic E-state index is -0.847. The zero-order chi connectivity index (χ0) is 11.6. The van der Waals surface area contributed by atoms with Gasteiger partial charge in [-0.05, 0) is 12.1 Å². The predicted molar refractivity (Wildman–Crippen MR) is 60.3 cm³/mol. The summed E-state index contributed by atoms with van der Waals surface area (Å²) in [5.74, 6) is -0.295. The lowest BCUT2D eigenvalue weighted by Gasteiger charge is -2.26. The molecule has 0 radical (unpaired) electrons. The first-order valence-corrected chi connectivity index (χ1v) is 5.10. The molecular formula is C12H15NO3. The Balaban J connectivity index is 2.27. The maximum absolute atomic E-state index is 5.69. The van der Waals surface area contributed by atoms with Crippen molar-refractivity contribution in [2.45, 2.75) is 18.9 Å². The molecule has 2 rings (SSSR count). The molecule has 0 unspecified atom stereocenters. The highest BCUT2D eigenvalue weighted by Crippen LogP contribution is 2.28. The number of rotatable bonds is 3. The Kier molecular flexibility index (Phi) is 2.94. The van der Waals surface area contributed by atoms with Crippen molar-refractivity contribution >= 4 is 5.90 Å². The molecule has 0 saturated carbocycles. The van der Waals surface area contributed by atoms with E-state index in [1.165, 1.54) is 0 Å². The summed E-state index contributed by atoms with van der Waals surface area (Å²) in [6.45, 7) is 1.81. The van der Waals surface area contributed by atoms with Crippen molar-refractivity contribution in [1.82, 2.24) is 0 Å². The van der Waals surface area contributed by atoms with Crippen LogP contribution in [0.5, 0.6) is 0 Å². The number of hydrogen-bond donors (Lipinski definition) is 0. The van der Waals surface area contributed by atoms with Crippen LogP contribution >= 0.6 is 0 Å². The molecule has 0 N–H and O–H groups in total. The maximum Gasteiger partial charge on any atom is 0.256 e. The summed E-state index contributed by atoms with van der Waals surface area (Å²) < 4.78 is 16.2. The smallest absolute Gasteiger partial charge is 0.256 e. The zero-order valence-corrected chi connectivity index (χ0v) is 9.64. The van der Waals surface area contributed by atoms with Gasteiger partial charge in [-0.2, -0.15) is 0 Å². The van der Waals surface area contributed by atoms with E-state index in [0.29, 0.717) is 5.90 Å². The standard InChI is InChI=1S/C12H15NO3/c1-12(15-3)11(14-2)13-10(16-12)9-7-5-4-6-8-9/h4-8,11H,1-3H3/t11-,12-/m0/s1. The Morgan fingerprint density at radius 1 is 1.25 bits per heavy atom. The topological polar surface area (TPSA) is 40.0 Å². The number of methoxy groups -OCH3 is 2. The van der Waals surface area contributed by atoms with E-state index in [1.54, 1.807) is 21.1 Å². The van der Waals surface area contributed by atoms with Gasteiger partial charge in [0.2, 0.25) is 12.1 Å². The summed E-state index contributed by atoms with van der Waals surface area (Å²) in [6.07, 6.45) is -0.437. The average molecular weight is 221 g/mol. The van der Waals surface area contributed by atoms with Crippen LogP contribution in [0.25, 0.3) is 0 Å². The van der Waals surface area contributed by atoms with Crippen molar-refractivity contribution in [3.05, 3.63) is 35.9 Å². The summed E-state index contributed by atoms with van der Waals surface area (Å²) in [4.78, 5) is 4.35. The largest absolute Gasteiger partial charge is 0.440 e. The van der Waals surface area contributed by atoms with E-state index in [2.05, 4.69) is 4.99 Å². The van der Waals surface area contributed by atoms with Gasteiger partial charge in [-0.3, -0.25) is 0 Å². The fourth-order valence-corrected chi connectivity index (χ4v) is 1.62. The van der Waals surface area contributed by atoms with Gasteiger partial charge in [-0.15, -0.1) is 0 Å². The second-order valence-electron chi connectivity index (χ2n) is 3.71. The van der Waals surface area contributed by atoms with Crippen molar-refractivity contribution in [2.75, 3.05) is 14.2 Å². The van der Waals surface area contributed by atoms with Crippen LogP contribution < -0.4 is 0 Å². The first-order valence-electron chi connectivity index (χ1n) is 5.10. The molecule has 16 heavy (non-hydrogen) atoms. The van der Waals surface area contributed by atoms with Gasteiger partial charge >= 0.3 is 0 Å². The Hall–Kier alpha value is -1.39. The molecule has 0 amide bonds. The molecule has 0 fully saturated rings. The van der Waals surface area contributed by atoms with Gasteiger partial charge in [0.05, 0.1) is 0 Å². The minimum Gasteiger partial charge on any atom is -0.440 e. The van der Waals surface area contributed by atoms with Crippen LogP contribution in [-0.2, 0) is 14.2 Å². The molecule has 1 aromatic rings. The molecule has 0 aromatic heterocycles. The van der Waals surface area contributed by atoms with Gasteiger partial charge in [-0.25, -0.2) is 4.99 Å². The van der Waals surface area contributed by atoms with E-state index in [-0.39, 0.29) is 0 Å². The molecule has 0 saturated heterocycles. The molecule has 0 bridgehead atoms. The van der Waals surface area contributed by atoms with E-state index in [4.69, 9.17) is 14.2 Å². The van der Waals surface area contributed by atoms with Gasteiger partial charge in [0.15, 0.2) is 0 Å². The normalized spacial score (nSPS) is 28.7. The number of ether oxygens (including phenoxy) is 3. The number of hydrogen-bond acceptors (Lipinski definition) is 4. The predicted octanol–water partition coefficient (Wildman–Crippen LogP) is 1.80. The molecule has 4 nitrogen and oxygen atoms in total. The molecule has 1 aliphatic rings. The fourth-order valence-electron chi connectivity index (χ4n) is 1.62. The Morgan fingerprint density at radius 3 is 2.44 bits per heavy atom. The second-order valence-corrected chi connectivity index (χ2v) is 3.71. The van der Waals surface area contributed by atoms with Gasteiger partial charge in [0.25, 0.3) is 5.79 Å². The zero-order valence-electron chi connectivity index (χ0n) is 9.64. The quantitative estimate of drug-likeness (QED) is 0.781. The van der Waals surface area contributed by atoms with Crippen LogP contribution in [0.2, 0.25) is 0 Å². The van der Waals surface area contributed by atoms with Crippen LogP contribution in [0, 0.1) is 0 Å². The van der Waals surface area contributed by atoms with Crippen LogP contribution in [-0.4, -0.2) is 32.1 Å². The lowest BCUT2D eigenvalue weighted by molar-refractivity contribution is -0.207. The van der Waals surface area contributed by atoms with Gasteiger partial charge in [0.1, 0.15) is 0 Å². The van der Waals surface area contributed by atoms with Crippen LogP contribution in [0.4, 0.5) is 0 Å². The van der Waals surface area contributed by atoms with Crippen molar-refractivity contribution in [2.24, 2.45) is 4.99 Å². The van der Waals surface area contributed by atoms with Gasteiger partial charge in [-0.1, -0.05) is 18.2 Å². The Morgan fingerprint density at radius 2 is 1.94 bits per heavy atom. The monoisotopic (exact) mass is 221 g/mol.